The first-order valence-electron chi connectivity index (χ1n) is 4.78. The highest BCUT2D eigenvalue weighted by molar-refractivity contribution is 5.83. The van der Waals surface area contributed by atoms with Crippen molar-refractivity contribution in [1.29, 1.82) is 0 Å². The van der Waals surface area contributed by atoms with Crippen LogP contribution in [0.3, 0.4) is 0 Å². The summed E-state index contributed by atoms with van der Waals surface area (Å²) in [5, 5.41) is 10.9. The summed E-state index contributed by atoms with van der Waals surface area (Å²) < 4.78 is 0. The maximum absolute atomic E-state index is 11.2. The Morgan fingerprint density at radius 1 is 1.57 bits per heavy atom. The van der Waals surface area contributed by atoms with Gasteiger partial charge in [0.1, 0.15) is 6.04 Å². The van der Waals surface area contributed by atoms with Crippen LogP contribution < -0.4 is 11.1 Å². The number of nitrogens with two attached hydrogens (primary N) is 1. The Bertz CT molecular complexity index is 238. The van der Waals surface area contributed by atoms with Crippen LogP contribution in [0.5, 0.6) is 0 Å². The molecule has 0 radical (unpaired) electrons. The number of nitrogens with one attached hydrogen (secondary N) is 1. The zero-order valence-electron chi connectivity index (χ0n) is 8.19. The van der Waals surface area contributed by atoms with Gasteiger partial charge in [-0.2, -0.15) is 0 Å². The summed E-state index contributed by atoms with van der Waals surface area (Å²) in [6.07, 6.45) is 2.40. The number of carboxylic acid groups (broad SMARTS) is 1. The SMILES string of the molecule is C[C@@H](NC(=O)CC(N)C1CC1)C(=O)O. The molecule has 1 fully saturated rings. The summed E-state index contributed by atoms with van der Waals surface area (Å²) in [4.78, 5) is 21.7. The minimum atomic E-state index is -1.03. The van der Waals surface area contributed by atoms with Gasteiger partial charge in [0.05, 0.1) is 0 Å². The molecule has 5 nitrogen and oxygen atoms in total. The summed E-state index contributed by atoms with van der Waals surface area (Å²) in [5.41, 5.74) is 5.72. The van der Waals surface area contributed by atoms with Gasteiger partial charge in [-0.3, -0.25) is 9.59 Å². The topological polar surface area (TPSA) is 92.4 Å². The molecule has 1 saturated carbocycles. The predicted octanol–water partition coefficient (Wildman–Crippen LogP) is -0.297. The molecule has 1 rings (SSSR count). The van der Waals surface area contributed by atoms with Crippen molar-refractivity contribution in [2.24, 2.45) is 11.7 Å². The average molecular weight is 200 g/mol. The van der Waals surface area contributed by atoms with Crippen molar-refractivity contribution < 1.29 is 14.7 Å². The van der Waals surface area contributed by atoms with E-state index in [4.69, 9.17) is 10.8 Å². The number of hydrogen-bond acceptors (Lipinski definition) is 3. The molecule has 0 bridgehead atoms. The third-order valence-electron chi connectivity index (χ3n) is 2.40. The highest BCUT2D eigenvalue weighted by Gasteiger charge is 2.30. The minimum Gasteiger partial charge on any atom is -0.480 e. The van der Waals surface area contributed by atoms with Gasteiger partial charge in [-0.05, 0) is 25.7 Å². The molecule has 0 aromatic heterocycles. The summed E-state index contributed by atoms with van der Waals surface area (Å²) in [7, 11) is 0. The minimum absolute atomic E-state index is 0.115. The van der Waals surface area contributed by atoms with E-state index in [1.54, 1.807) is 0 Å². The van der Waals surface area contributed by atoms with E-state index < -0.39 is 12.0 Å². The summed E-state index contributed by atoms with van der Waals surface area (Å²) in [6.45, 7) is 1.43. The van der Waals surface area contributed by atoms with Crippen LogP contribution in [-0.2, 0) is 9.59 Å². The zero-order valence-corrected chi connectivity index (χ0v) is 8.19. The molecule has 0 aliphatic heterocycles. The summed E-state index contributed by atoms with van der Waals surface area (Å²) in [5.74, 6) is -0.849. The molecule has 80 valence electrons. The second-order valence-electron chi connectivity index (χ2n) is 3.83. The molecule has 1 amide bonds. The maximum Gasteiger partial charge on any atom is 0.325 e. The smallest absolute Gasteiger partial charge is 0.325 e. The molecule has 5 heteroatoms. The van der Waals surface area contributed by atoms with Crippen molar-refractivity contribution in [3.05, 3.63) is 0 Å². The largest absolute Gasteiger partial charge is 0.480 e. The van der Waals surface area contributed by atoms with Gasteiger partial charge in [0.25, 0.3) is 0 Å². The highest BCUT2D eigenvalue weighted by Crippen LogP contribution is 2.32. The fraction of sp³-hybridized carbons (Fsp3) is 0.778. The molecule has 0 aromatic rings. The van der Waals surface area contributed by atoms with Crippen molar-refractivity contribution >= 4 is 11.9 Å². The van der Waals surface area contributed by atoms with Crippen molar-refractivity contribution in [3.63, 3.8) is 0 Å². The van der Waals surface area contributed by atoms with E-state index >= 15 is 0 Å². The Morgan fingerprint density at radius 3 is 2.57 bits per heavy atom. The molecule has 2 atom stereocenters. The van der Waals surface area contributed by atoms with Crippen LogP contribution in [0, 0.1) is 5.92 Å². The molecule has 0 spiro atoms. The molecule has 0 heterocycles. The Labute approximate surface area is 82.7 Å². The lowest BCUT2D eigenvalue weighted by Gasteiger charge is -2.12. The van der Waals surface area contributed by atoms with Gasteiger partial charge in [-0.25, -0.2) is 0 Å². The van der Waals surface area contributed by atoms with Gasteiger partial charge in [0.15, 0.2) is 0 Å². The lowest BCUT2D eigenvalue weighted by Crippen LogP contribution is -2.41. The van der Waals surface area contributed by atoms with Gasteiger partial charge in [0, 0.05) is 12.5 Å². The predicted molar refractivity (Wildman–Crippen MR) is 50.6 cm³/mol. The zero-order chi connectivity index (χ0) is 10.7. The van der Waals surface area contributed by atoms with E-state index in [9.17, 15) is 9.59 Å². The monoisotopic (exact) mass is 200 g/mol. The molecule has 1 aliphatic carbocycles. The average Bonchev–Trinajstić information content (AvgIpc) is 2.85. The quantitative estimate of drug-likeness (QED) is 0.568. The molecule has 14 heavy (non-hydrogen) atoms. The molecule has 1 aliphatic rings. The van der Waals surface area contributed by atoms with Crippen molar-refractivity contribution in [2.75, 3.05) is 0 Å². The van der Waals surface area contributed by atoms with E-state index in [1.165, 1.54) is 6.92 Å². The number of hydrogen-bond donors (Lipinski definition) is 3. The van der Waals surface area contributed by atoms with Crippen LogP contribution in [0.15, 0.2) is 0 Å². The Balaban J connectivity index is 2.24. The van der Waals surface area contributed by atoms with Gasteiger partial charge in [0.2, 0.25) is 5.91 Å². The fourth-order valence-electron chi connectivity index (χ4n) is 1.27. The van der Waals surface area contributed by atoms with Gasteiger partial charge < -0.3 is 16.2 Å². The second kappa shape index (κ2) is 4.41. The number of carbonyl (C=O) groups is 2. The van der Waals surface area contributed by atoms with Crippen molar-refractivity contribution in [2.45, 2.75) is 38.3 Å². The first-order valence-corrected chi connectivity index (χ1v) is 4.78. The summed E-state index contributed by atoms with van der Waals surface area (Å²) >= 11 is 0. The van der Waals surface area contributed by atoms with Crippen molar-refractivity contribution in [3.8, 4) is 0 Å². The number of carbonyl (C=O) groups excluding carboxylic acids is 1. The van der Waals surface area contributed by atoms with E-state index in [-0.39, 0.29) is 18.4 Å². The number of amides is 1. The van der Waals surface area contributed by atoms with E-state index in [2.05, 4.69) is 5.32 Å². The van der Waals surface area contributed by atoms with Crippen LogP contribution in [0.4, 0.5) is 0 Å². The van der Waals surface area contributed by atoms with Crippen LogP contribution >= 0.6 is 0 Å². The van der Waals surface area contributed by atoms with E-state index in [0.29, 0.717) is 5.92 Å². The molecule has 0 aromatic carbocycles. The number of aliphatic carboxylic acids is 1. The van der Waals surface area contributed by atoms with Crippen LogP contribution in [0.2, 0.25) is 0 Å². The van der Waals surface area contributed by atoms with Crippen molar-refractivity contribution in [1.82, 2.24) is 5.32 Å². The molecule has 0 saturated heterocycles. The number of carboxylic acids is 1. The van der Waals surface area contributed by atoms with E-state index in [0.717, 1.165) is 12.8 Å². The second-order valence-corrected chi connectivity index (χ2v) is 3.83. The lowest BCUT2D eigenvalue weighted by molar-refractivity contribution is -0.141. The Morgan fingerprint density at radius 2 is 2.14 bits per heavy atom. The maximum atomic E-state index is 11.2. The molecule has 4 N–H and O–H groups in total. The Hall–Kier alpha value is -1.10. The van der Waals surface area contributed by atoms with E-state index in [1.807, 2.05) is 0 Å². The van der Waals surface area contributed by atoms with Gasteiger partial charge in [-0.15, -0.1) is 0 Å². The highest BCUT2D eigenvalue weighted by atomic mass is 16.4. The Kier molecular flexibility index (Phi) is 3.46. The lowest BCUT2D eigenvalue weighted by atomic mass is 10.1. The molecule has 1 unspecified atom stereocenters. The fourth-order valence-corrected chi connectivity index (χ4v) is 1.27. The summed E-state index contributed by atoms with van der Waals surface area (Å²) in [6, 6.07) is -0.954. The van der Waals surface area contributed by atoms with Crippen LogP contribution in [0.1, 0.15) is 26.2 Å². The van der Waals surface area contributed by atoms with Crippen LogP contribution in [-0.4, -0.2) is 29.1 Å². The first-order chi connectivity index (χ1) is 6.50. The standard InChI is InChI=1S/C9H16N2O3/c1-5(9(13)14)11-8(12)4-7(10)6-2-3-6/h5-7H,2-4,10H2,1H3,(H,11,12)(H,13,14)/t5-,7?/m1/s1. The third-order valence-corrected chi connectivity index (χ3v) is 2.40. The third kappa shape index (κ3) is 3.33. The normalized spacial score (nSPS) is 19.9. The molecular formula is C9H16N2O3. The first kappa shape index (κ1) is 11.0. The van der Waals surface area contributed by atoms with Crippen LogP contribution in [0.25, 0.3) is 0 Å². The van der Waals surface area contributed by atoms with Gasteiger partial charge in [-0.1, -0.05) is 0 Å². The number of rotatable bonds is 5. The molecular weight excluding hydrogens is 184 g/mol. The van der Waals surface area contributed by atoms with Gasteiger partial charge >= 0.3 is 5.97 Å².